The number of hydrogen-bond donors (Lipinski definition) is 0. The molecule has 0 aliphatic carbocycles. The Morgan fingerprint density at radius 3 is 2.57 bits per heavy atom. The Hall–Kier alpha value is -1.54. The monoisotopic (exact) mass is 420 g/mol. The highest BCUT2D eigenvalue weighted by Gasteiger charge is 2.29. The van der Waals surface area contributed by atoms with Crippen molar-refractivity contribution in [1.82, 2.24) is 0 Å². The van der Waals surface area contributed by atoms with Gasteiger partial charge in [-0.2, -0.15) is 0 Å². The molecular weight excluding hydrogens is 412 g/mol. The van der Waals surface area contributed by atoms with Crippen LogP contribution in [0.5, 0.6) is 17.2 Å². The molecule has 1 aliphatic heterocycles. The Morgan fingerprint density at radius 2 is 2.00 bits per heavy atom. The molecule has 0 aromatic heterocycles. The van der Waals surface area contributed by atoms with E-state index in [1.54, 1.807) is 12.1 Å². The van der Waals surface area contributed by atoms with Crippen LogP contribution < -0.4 is 14.2 Å². The Morgan fingerprint density at radius 1 is 1.29 bits per heavy atom. The van der Waals surface area contributed by atoms with E-state index in [2.05, 4.69) is 36.0 Å². The molecule has 1 aromatic rings. The Labute approximate surface area is 137 Å². The lowest BCUT2D eigenvalue weighted by Crippen LogP contribution is -2.18. The van der Waals surface area contributed by atoms with Crippen LogP contribution in [0, 0.1) is 0 Å². The highest BCUT2D eigenvalue weighted by Crippen LogP contribution is 2.44. The molecule has 6 nitrogen and oxygen atoms in total. The van der Waals surface area contributed by atoms with Gasteiger partial charge in [-0.25, -0.2) is 4.79 Å². The van der Waals surface area contributed by atoms with E-state index >= 15 is 0 Å². The lowest BCUT2D eigenvalue weighted by molar-refractivity contribution is -0.132. The Bertz CT molecular complexity index is 638. The number of fused-ring (bicyclic) bond motifs is 1. The van der Waals surface area contributed by atoms with Gasteiger partial charge in [-0.1, -0.05) is 6.92 Å². The van der Waals surface area contributed by atoms with E-state index in [0.717, 1.165) is 0 Å². The molecule has 0 radical (unpaired) electrons. The second-order valence-electron chi connectivity index (χ2n) is 3.99. The normalized spacial score (nSPS) is 13.0. The van der Waals surface area contributed by atoms with Crippen molar-refractivity contribution in [2.24, 2.45) is 0 Å². The van der Waals surface area contributed by atoms with E-state index in [-0.39, 0.29) is 10.4 Å². The van der Waals surface area contributed by atoms with E-state index in [9.17, 15) is 9.59 Å². The molecule has 112 valence electrons. The summed E-state index contributed by atoms with van der Waals surface area (Å²) in [5, 5.41) is 0. The second kappa shape index (κ2) is 6.48. The van der Waals surface area contributed by atoms with Gasteiger partial charge in [0.15, 0.2) is 27.8 Å². The number of carbonyl (C=O) groups is 2. The van der Waals surface area contributed by atoms with Gasteiger partial charge >= 0.3 is 11.9 Å². The zero-order valence-corrected chi connectivity index (χ0v) is 14.2. The van der Waals surface area contributed by atoms with Crippen molar-refractivity contribution in [3.05, 3.63) is 28.1 Å². The van der Waals surface area contributed by atoms with Gasteiger partial charge in [0.25, 0.3) is 5.76 Å². The fourth-order valence-corrected chi connectivity index (χ4v) is 2.36. The molecule has 0 saturated heterocycles. The van der Waals surface area contributed by atoms with E-state index in [0.29, 0.717) is 29.2 Å². The third-order valence-electron chi connectivity index (χ3n) is 2.63. The van der Waals surface area contributed by atoms with Gasteiger partial charge < -0.3 is 18.0 Å². The number of rotatable bonds is 3. The molecule has 0 spiro atoms. The van der Waals surface area contributed by atoms with Gasteiger partial charge in [-0.15, -0.1) is 0 Å². The molecule has 8 heteroatoms. The first-order valence-electron chi connectivity index (χ1n) is 5.90. The average molecular weight is 422 g/mol. The van der Waals surface area contributed by atoms with Crippen molar-refractivity contribution in [3.8, 4) is 17.2 Å². The maximum absolute atomic E-state index is 11.5. The standard InChI is InChI=1S/C13H10Br2O6/c1-3-7-8(18-6(2)16)4-5-9-10(7)20-12(14)11(19-9)13(17)21-15/h4-5H,3H2,1-2H3. The Balaban J connectivity index is 2.45. The van der Waals surface area contributed by atoms with Gasteiger partial charge in [-0.05, 0) is 34.5 Å². The summed E-state index contributed by atoms with van der Waals surface area (Å²) in [6, 6.07) is 3.13. The lowest BCUT2D eigenvalue weighted by atomic mass is 10.1. The maximum atomic E-state index is 11.5. The molecule has 0 amide bonds. The van der Waals surface area contributed by atoms with Crippen LogP contribution in [0.4, 0.5) is 0 Å². The molecular formula is C13H10Br2O6. The van der Waals surface area contributed by atoms with Gasteiger partial charge in [0.1, 0.15) is 5.75 Å². The quantitative estimate of drug-likeness (QED) is 0.550. The van der Waals surface area contributed by atoms with Gasteiger partial charge in [0, 0.05) is 12.5 Å². The number of ether oxygens (including phenoxy) is 3. The molecule has 0 unspecified atom stereocenters. The van der Waals surface area contributed by atoms with Gasteiger partial charge in [0.05, 0.1) is 0 Å². The third kappa shape index (κ3) is 3.21. The minimum absolute atomic E-state index is 0.0779. The summed E-state index contributed by atoms with van der Waals surface area (Å²) < 4.78 is 20.7. The van der Waals surface area contributed by atoms with Crippen LogP contribution in [-0.2, 0) is 19.8 Å². The summed E-state index contributed by atoms with van der Waals surface area (Å²) in [5.74, 6) is -0.192. The van der Waals surface area contributed by atoms with Gasteiger partial charge in [0.2, 0.25) is 4.67 Å². The molecule has 1 heterocycles. The Kier molecular flexibility index (Phi) is 4.89. The zero-order chi connectivity index (χ0) is 15.6. The van der Waals surface area contributed by atoms with Crippen molar-refractivity contribution < 1.29 is 27.6 Å². The first-order valence-corrected chi connectivity index (χ1v) is 7.34. The predicted molar refractivity (Wildman–Crippen MR) is 79.4 cm³/mol. The van der Waals surface area contributed by atoms with Crippen LogP contribution in [0.2, 0.25) is 0 Å². The van der Waals surface area contributed by atoms with E-state index in [1.165, 1.54) is 6.92 Å². The van der Waals surface area contributed by atoms with Crippen LogP contribution >= 0.6 is 32.2 Å². The molecule has 0 N–H and O–H groups in total. The van der Waals surface area contributed by atoms with Crippen molar-refractivity contribution in [2.45, 2.75) is 20.3 Å². The number of halogens is 2. The molecule has 0 fully saturated rings. The molecule has 21 heavy (non-hydrogen) atoms. The topological polar surface area (TPSA) is 71.1 Å². The number of carbonyl (C=O) groups excluding carboxylic acids is 2. The number of esters is 1. The van der Waals surface area contributed by atoms with Crippen LogP contribution in [-0.4, -0.2) is 11.9 Å². The van der Waals surface area contributed by atoms with Crippen molar-refractivity contribution in [2.75, 3.05) is 0 Å². The van der Waals surface area contributed by atoms with Crippen LogP contribution in [0.3, 0.4) is 0 Å². The zero-order valence-electron chi connectivity index (χ0n) is 11.1. The molecule has 0 bridgehead atoms. The fraction of sp³-hybridized carbons (Fsp3) is 0.231. The first kappa shape index (κ1) is 15.8. The third-order valence-corrected chi connectivity index (χ3v) is 3.44. The fourth-order valence-electron chi connectivity index (χ4n) is 1.81. The molecule has 1 aromatic carbocycles. The van der Waals surface area contributed by atoms with E-state index in [1.807, 2.05) is 6.92 Å². The van der Waals surface area contributed by atoms with Gasteiger partial charge in [-0.3, -0.25) is 4.79 Å². The first-order chi connectivity index (χ1) is 9.97. The molecule has 1 aliphatic rings. The molecule has 0 atom stereocenters. The molecule has 2 rings (SSSR count). The smallest absolute Gasteiger partial charge is 0.390 e. The highest BCUT2D eigenvalue weighted by molar-refractivity contribution is 9.11. The summed E-state index contributed by atoms with van der Waals surface area (Å²) in [4.78, 5) is 22.6. The van der Waals surface area contributed by atoms with Crippen LogP contribution in [0.1, 0.15) is 19.4 Å². The van der Waals surface area contributed by atoms with Crippen molar-refractivity contribution in [3.63, 3.8) is 0 Å². The highest BCUT2D eigenvalue weighted by atomic mass is 79.9. The van der Waals surface area contributed by atoms with E-state index in [4.69, 9.17) is 14.2 Å². The minimum Gasteiger partial charge on any atom is -0.442 e. The predicted octanol–water partition coefficient (Wildman–Crippen LogP) is 3.36. The largest absolute Gasteiger partial charge is 0.442 e. The van der Waals surface area contributed by atoms with Crippen molar-refractivity contribution in [1.29, 1.82) is 0 Å². The summed E-state index contributed by atoms with van der Waals surface area (Å²) >= 11 is 5.69. The van der Waals surface area contributed by atoms with Crippen molar-refractivity contribution >= 4 is 44.1 Å². The molecule has 0 saturated carbocycles. The second-order valence-corrected chi connectivity index (χ2v) is 5.03. The lowest BCUT2D eigenvalue weighted by Gasteiger charge is -2.22. The number of benzene rings is 1. The summed E-state index contributed by atoms with van der Waals surface area (Å²) in [6.45, 7) is 3.20. The maximum Gasteiger partial charge on any atom is 0.390 e. The minimum atomic E-state index is -0.741. The summed E-state index contributed by atoms with van der Waals surface area (Å²) in [6.07, 6.45) is 0.549. The SMILES string of the molecule is CCc1c(OC(C)=O)ccc2c1OC(Br)=C(C(=O)OBr)O2. The number of hydrogen-bond acceptors (Lipinski definition) is 6. The van der Waals surface area contributed by atoms with E-state index < -0.39 is 11.9 Å². The summed E-state index contributed by atoms with van der Waals surface area (Å²) in [7, 11) is 0. The summed E-state index contributed by atoms with van der Waals surface area (Å²) in [5.41, 5.74) is 0.658. The van der Waals surface area contributed by atoms with Crippen LogP contribution in [0.25, 0.3) is 0 Å². The average Bonchev–Trinajstić information content (AvgIpc) is 2.45. The van der Waals surface area contributed by atoms with Crippen LogP contribution in [0.15, 0.2) is 22.6 Å².